The van der Waals surface area contributed by atoms with Gasteiger partial charge in [0, 0.05) is 11.8 Å². The number of nitrogens with two attached hydrogens (primary N) is 1. The van der Waals surface area contributed by atoms with Gasteiger partial charge in [0.25, 0.3) is 0 Å². The topological polar surface area (TPSA) is 101 Å². The molecule has 4 N–H and O–H groups in total. The molecule has 0 aromatic heterocycles. The zero-order chi connectivity index (χ0) is 16.4. The standard InChI is InChI=1S/C14H23N3O3S/c1-9(13(18)17-14(2,3)4)16-10-7-6-8-11(12(10)15)21(5,19)20/h6-9,16H,15H2,1-5H3,(H,17,18). The number of anilines is 2. The van der Waals surface area contributed by atoms with Crippen molar-refractivity contribution >= 4 is 27.1 Å². The Labute approximate surface area is 126 Å². The lowest BCUT2D eigenvalue weighted by molar-refractivity contribution is -0.122. The Hall–Kier alpha value is -1.76. The number of nitrogens with one attached hydrogen (secondary N) is 2. The van der Waals surface area contributed by atoms with Gasteiger partial charge in [-0.15, -0.1) is 0 Å². The van der Waals surface area contributed by atoms with Crippen molar-refractivity contribution < 1.29 is 13.2 Å². The van der Waals surface area contributed by atoms with E-state index in [-0.39, 0.29) is 22.0 Å². The highest BCUT2D eigenvalue weighted by molar-refractivity contribution is 7.90. The summed E-state index contributed by atoms with van der Waals surface area (Å²) in [4.78, 5) is 12.1. The molecule has 6 nitrogen and oxygen atoms in total. The second-order valence-corrected chi connectivity index (χ2v) is 8.08. The molecule has 0 aliphatic heterocycles. The highest BCUT2D eigenvalue weighted by Gasteiger charge is 2.21. The molecule has 0 bridgehead atoms. The summed E-state index contributed by atoms with van der Waals surface area (Å²) in [6, 6.07) is 4.13. The van der Waals surface area contributed by atoms with Crippen molar-refractivity contribution in [1.29, 1.82) is 0 Å². The van der Waals surface area contributed by atoms with E-state index in [1.165, 1.54) is 6.07 Å². The van der Waals surface area contributed by atoms with Gasteiger partial charge in [0.1, 0.15) is 6.04 Å². The van der Waals surface area contributed by atoms with Crippen LogP contribution in [-0.4, -0.2) is 32.2 Å². The Morgan fingerprint density at radius 2 is 1.86 bits per heavy atom. The van der Waals surface area contributed by atoms with Crippen molar-refractivity contribution in [2.45, 2.75) is 44.2 Å². The van der Waals surface area contributed by atoms with Crippen LogP contribution in [0.2, 0.25) is 0 Å². The average molecular weight is 313 g/mol. The molecule has 0 aliphatic rings. The van der Waals surface area contributed by atoms with E-state index >= 15 is 0 Å². The van der Waals surface area contributed by atoms with Gasteiger partial charge in [0.05, 0.1) is 16.3 Å². The number of carbonyl (C=O) groups excluding carboxylic acids is 1. The van der Waals surface area contributed by atoms with Gasteiger partial charge in [-0.2, -0.15) is 0 Å². The van der Waals surface area contributed by atoms with E-state index < -0.39 is 15.9 Å². The lowest BCUT2D eigenvalue weighted by atomic mass is 10.1. The Bertz CT molecular complexity index is 633. The number of sulfone groups is 1. The fourth-order valence-electron chi connectivity index (χ4n) is 1.77. The number of nitrogen functional groups attached to an aromatic ring is 1. The Morgan fingerprint density at radius 3 is 2.33 bits per heavy atom. The Kier molecular flexibility index (Phi) is 4.88. The van der Waals surface area contributed by atoms with Crippen LogP contribution in [0, 0.1) is 0 Å². The maximum Gasteiger partial charge on any atom is 0.242 e. The number of hydrogen-bond donors (Lipinski definition) is 3. The summed E-state index contributed by atoms with van der Waals surface area (Å²) in [6.45, 7) is 7.34. The van der Waals surface area contributed by atoms with Crippen LogP contribution in [0.25, 0.3) is 0 Å². The van der Waals surface area contributed by atoms with E-state index in [2.05, 4.69) is 10.6 Å². The second-order valence-electron chi connectivity index (χ2n) is 6.09. The molecule has 118 valence electrons. The summed E-state index contributed by atoms with van der Waals surface area (Å²) in [5, 5.41) is 5.79. The highest BCUT2D eigenvalue weighted by atomic mass is 32.2. The predicted octanol–water partition coefficient (Wildman–Crippen LogP) is 1.39. The molecule has 7 heteroatoms. The van der Waals surface area contributed by atoms with Crippen molar-refractivity contribution in [3.05, 3.63) is 18.2 Å². The molecule has 1 atom stereocenters. The summed E-state index contributed by atoms with van der Waals surface area (Å²) in [7, 11) is -3.41. The van der Waals surface area contributed by atoms with Crippen LogP contribution in [0.5, 0.6) is 0 Å². The van der Waals surface area contributed by atoms with Crippen LogP contribution in [0.15, 0.2) is 23.1 Å². The van der Waals surface area contributed by atoms with Crippen molar-refractivity contribution in [3.8, 4) is 0 Å². The smallest absolute Gasteiger partial charge is 0.242 e. The van der Waals surface area contributed by atoms with E-state index in [0.717, 1.165) is 6.26 Å². The van der Waals surface area contributed by atoms with Crippen LogP contribution in [-0.2, 0) is 14.6 Å². The normalized spacial score (nSPS) is 13.6. The van der Waals surface area contributed by atoms with E-state index in [1.54, 1.807) is 19.1 Å². The molecule has 1 unspecified atom stereocenters. The number of benzene rings is 1. The average Bonchev–Trinajstić information content (AvgIpc) is 2.27. The molecule has 0 heterocycles. The predicted molar refractivity (Wildman–Crippen MR) is 84.9 cm³/mol. The van der Waals surface area contributed by atoms with Crippen LogP contribution in [0.1, 0.15) is 27.7 Å². The minimum atomic E-state index is -3.41. The monoisotopic (exact) mass is 313 g/mol. The molecular weight excluding hydrogens is 290 g/mol. The summed E-state index contributed by atoms with van der Waals surface area (Å²) < 4.78 is 23.3. The van der Waals surface area contributed by atoms with Gasteiger partial charge in [-0.1, -0.05) is 6.07 Å². The lowest BCUT2D eigenvalue weighted by Gasteiger charge is -2.24. The van der Waals surface area contributed by atoms with Crippen LogP contribution in [0.3, 0.4) is 0 Å². The molecule has 0 fully saturated rings. The number of rotatable bonds is 4. The van der Waals surface area contributed by atoms with Crippen molar-refractivity contribution in [2.24, 2.45) is 0 Å². The summed E-state index contributed by atoms with van der Waals surface area (Å²) in [6.07, 6.45) is 1.10. The minimum Gasteiger partial charge on any atom is -0.396 e. The number of hydrogen-bond acceptors (Lipinski definition) is 5. The lowest BCUT2D eigenvalue weighted by Crippen LogP contribution is -2.47. The SMILES string of the molecule is CC(Nc1cccc(S(C)(=O)=O)c1N)C(=O)NC(C)(C)C. The third kappa shape index (κ3) is 4.93. The molecule has 0 aliphatic carbocycles. The quantitative estimate of drug-likeness (QED) is 0.729. The fourth-order valence-corrected chi connectivity index (χ4v) is 2.61. The largest absolute Gasteiger partial charge is 0.396 e. The summed E-state index contributed by atoms with van der Waals surface area (Å²) >= 11 is 0. The van der Waals surface area contributed by atoms with E-state index in [9.17, 15) is 13.2 Å². The molecule has 1 rings (SSSR count). The van der Waals surface area contributed by atoms with Crippen molar-refractivity contribution in [2.75, 3.05) is 17.3 Å². The third-order valence-corrected chi connectivity index (χ3v) is 3.88. The van der Waals surface area contributed by atoms with Gasteiger partial charge < -0.3 is 16.4 Å². The van der Waals surface area contributed by atoms with Crippen molar-refractivity contribution in [3.63, 3.8) is 0 Å². The van der Waals surface area contributed by atoms with Crippen LogP contribution in [0.4, 0.5) is 11.4 Å². The zero-order valence-electron chi connectivity index (χ0n) is 13.0. The minimum absolute atomic E-state index is 0.0518. The number of amides is 1. The fraction of sp³-hybridized carbons (Fsp3) is 0.500. The highest BCUT2D eigenvalue weighted by Crippen LogP contribution is 2.27. The van der Waals surface area contributed by atoms with Crippen LogP contribution >= 0.6 is 0 Å². The summed E-state index contributed by atoms with van der Waals surface area (Å²) in [5.41, 5.74) is 6.08. The maximum absolute atomic E-state index is 12.0. The molecule has 0 spiro atoms. The molecule has 1 aromatic carbocycles. The second kappa shape index (κ2) is 5.93. The number of para-hydroxylation sites is 1. The van der Waals surface area contributed by atoms with Gasteiger partial charge in [-0.25, -0.2) is 8.42 Å². The number of carbonyl (C=O) groups is 1. The Balaban J connectivity index is 2.97. The first-order valence-corrected chi connectivity index (χ1v) is 8.48. The molecular formula is C14H23N3O3S. The van der Waals surface area contributed by atoms with E-state index in [1.807, 2.05) is 20.8 Å². The van der Waals surface area contributed by atoms with Crippen molar-refractivity contribution in [1.82, 2.24) is 5.32 Å². The maximum atomic E-state index is 12.0. The molecule has 1 amide bonds. The summed E-state index contributed by atoms with van der Waals surface area (Å²) in [5.74, 6) is -0.188. The first kappa shape index (κ1) is 17.3. The van der Waals surface area contributed by atoms with Gasteiger partial charge >= 0.3 is 0 Å². The molecule has 1 aromatic rings. The zero-order valence-corrected chi connectivity index (χ0v) is 13.8. The van der Waals surface area contributed by atoms with Crippen LogP contribution < -0.4 is 16.4 Å². The third-order valence-electron chi connectivity index (χ3n) is 2.73. The van der Waals surface area contributed by atoms with Gasteiger partial charge in [0.2, 0.25) is 5.91 Å². The van der Waals surface area contributed by atoms with Gasteiger partial charge in [0.15, 0.2) is 9.84 Å². The molecule has 21 heavy (non-hydrogen) atoms. The van der Waals surface area contributed by atoms with E-state index in [0.29, 0.717) is 5.69 Å². The van der Waals surface area contributed by atoms with E-state index in [4.69, 9.17) is 5.73 Å². The molecule has 0 saturated heterocycles. The first-order valence-electron chi connectivity index (χ1n) is 6.59. The Morgan fingerprint density at radius 1 is 1.29 bits per heavy atom. The molecule has 0 saturated carbocycles. The van der Waals surface area contributed by atoms with Gasteiger partial charge in [-0.3, -0.25) is 4.79 Å². The molecule has 0 radical (unpaired) electrons. The van der Waals surface area contributed by atoms with Gasteiger partial charge in [-0.05, 0) is 39.8 Å². The first-order chi connectivity index (χ1) is 9.42.